The second-order valence-corrected chi connectivity index (χ2v) is 8.41. The van der Waals surface area contributed by atoms with E-state index in [4.69, 9.17) is 4.74 Å². The monoisotopic (exact) mass is 458 g/mol. The third-order valence-electron chi connectivity index (χ3n) is 5.85. The molecule has 176 valence electrons. The average molecular weight is 459 g/mol. The zero-order valence-corrected chi connectivity index (χ0v) is 19.6. The number of carbonyl (C=O) groups is 2. The molecular weight excluding hydrogens is 428 g/mol. The second kappa shape index (κ2) is 10.7. The summed E-state index contributed by atoms with van der Waals surface area (Å²) in [5, 5.41) is 8.73. The van der Waals surface area contributed by atoms with E-state index in [-0.39, 0.29) is 11.9 Å². The number of ether oxygens (including phenoxy) is 1. The predicted molar refractivity (Wildman–Crippen MR) is 136 cm³/mol. The van der Waals surface area contributed by atoms with E-state index in [9.17, 15) is 9.59 Å². The Labute approximate surface area is 200 Å². The van der Waals surface area contributed by atoms with Crippen LogP contribution in [0.3, 0.4) is 0 Å². The summed E-state index contributed by atoms with van der Waals surface area (Å²) in [4.78, 5) is 27.9. The van der Waals surface area contributed by atoms with Crippen molar-refractivity contribution in [2.24, 2.45) is 0 Å². The molecule has 0 aromatic heterocycles. The fourth-order valence-corrected chi connectivity index (χ4v) is 3.99. The molecular formula is C27H30N4O3. The van der Waals surface area contributed by atoms with Crippen molar-refractivity contribution in [2.45, 2.75) is 26.3 Å². The Kier molecular flexibility index (Phi) is 7.32. The van der Waals surface area contributed by atoms with Crippen LogP contribution in [0.25, 0.3) is 0 Å². The number of benzene rings is 3. The summed E-state index contributed by atoms with van der Waals surface area (Å²) < 4.78 is 5.22. The first-order chi connectivity index (χ1) is 16.5. The van der Waals surface area contributed by atoms with Crippen LogP contribution in [0.15, 0.2) is 66.7 Å². The molecule has 0 atom stereocenters. The molecule has 3 N–H and O–H groups in total. The summed E-state index contributed by atoms with van der Waals surface area (Å²) in [6, 6.07) is 20.3. The number of nitrogens with zero attached hydrogens (tertiary/aromatic N) is 1. The maximum Gasteiger partial charge on any atom is 0.323 e. The van der Waals surface area contributed by atoms with Gasteiger partial charge in [0.25, 0.3) is 5.91 Å². The maximum absolute atomic E-state index is 12.9. The van der Waals surface area contributed by atoms with Gasteiger partial charge in [-0.2, -0.15) is 0 Å². The van der Waals surface area contributed by atoms with E-state index in [1.807, 2.05) is 55.5 Å². The van der Waals surface area contributed by atoms with Crippen LogP contribution in [0, 0.1) is 6.92 Å². The fraction of sp³-hybridized carbons (Fsp3) is 0.259. The molecule has 3 aromatic rings. The Hall–Kier alpha value is -4.00. The number of rotatable bonds is 7. The van der Waals surface area contributed by atoms with Crippen molar-refractivity contribution in [1.82, 2.24) is 5.32 Å². The van der Waals surface area contributed by atoms with E-state index in [0.717, 1.165) is 37.2 Å². The van der Waals surface area contributed by atoms with Gasteiger partial charge in [-0.05, 0) is 55.7 Å². The Balaban J connectivity index is 1.50. The summed E-state index contributed by atoms with van der Waals surface area (Å²) in [6.45, 7) is 4.31. The Morgan fingerprint density at radius 3 is 2.44 bits per heavy atom. The third kappa shape index (κ3) is 5.86. The number of methoxy groups -OCH3 is 1. The molecule has 0 saturated carbocycles. The zero-order chi connectivity index (χ0) is 23.9. The van der Waals surface area contributed by atoms with Crippen LogP contribution in [-0.2, 0) is 6.54 Å². The maximum atomic E-state index is 12.9. The average Bonchev–Trinajstić information content (AvgIpc) is 3.38. The quantitative estimate of drug-likeness (QED) is 0.456. The highest BCUT2D eigenvalue weighted by atomic mass is 16.5. The Morgan fingerprint density at radius 2 is 1.71 bits per heavy atom. The van der Waals surface area contributed by atoms with Gasteiger partial charge in [-0.3, -0.25) is 4.79 Å². The molecule has 1 heterocycles. The molecule has 1 aliphatic heterocycles. The van der Waals surface area contributed by atoms with Gasteiger partial charge < -0.3 is 25.6 Å². The van der Waals surface area contributed by atoms with Crippen LogP contribution in [0.4, 0.5) is 21.9 Å². The lowest BCUT2D eigenvalue weighted by atomic mass is 10.1. The van der Waals surface area contributed by atoms with Crippen molar-refractivity contribution >= 4 is 29.0 Å². The molecule has 1 fully saturated rings. The summed E-state index contributed by atoms with van der Waals surface area (Å²) in [7, 11) is 1.58. The number of hydrogen-bond donors (Lipinski definition) is 3. The molecule has 0 unspecified atom stereocenters. The van der Waals surface area contributed by atoms with E-state index >= 15 is 0 Å². The number of amides is 3. The van der Waals surface area contributed by atoms with Gasteiger partial charge >= 0.3 is 6.03 Å². The molecule has 1 aliphatic rings. The topological polar surface area (TPSA) is 82.7 Å². The predicted octanol–water partition coefficient (Wildman–Crippen LogP) is 5.18. The molecule has 3 aromatic carbocycles. The van der Waals surface area contributed by atoms with Gasteiger partial charge in [0.1, 0.15) is 5.75 Å². The van der Waals surface area contributed by atoms with Crippen LogP contribution in [0.1, 0.15) is 34.3 Å². The van der Waals surface area contributed by atoms with Crippen molar-refractivity contribution in [2.75, 3.05) is 35.7 Å². The van der Waals surface area contributed by atoms with E-state index in [1.54, 1.807) is 25.3 Å². The minimum absolute atomic E-state index is 0.190. The smallest absolute Gasteiger partial charge is 0.323 e. The molecule has 4 rings (SSSR count). The Morgan fingerprint density at radius 1 is 0.941 bits per heavy atom. The molecule has 0 bridgehead atoms. The molecule has 3 amide bonds. The van der Waals surface area contributed by atoms with Gasteiger partial charge in [0, 0.05) is 37.0 Å². The summed E-state index contributed by atoms with van der Waals surface area (Å²) >= 11 is 0. The lowest BCUT2D eigenvalue weighted by molar-refractivity contribution is 0.0951. The summed E-state index contributed by atoms with van der Waals surface area (Å²) in [6.07, 6.45) is 2.21. The van der Waals surface area contributed by atoms with Crippen molar-refractivity contribution < 1.29 is 14.3 Å². The molecule has 1 saturated heterocycles. The highest BCUT2D eigenvalue weighted by Gasteiger charge is 2.19. The van der Waals surface area contributed by atoms with Crippen LogP contribution in [-0.4, -0.2) is 32.1 Å². The Bertz CT molecular complexity index is 1150. The van der Waals surface area contributed by atoms with Crippen LogP contribution < -0.4 is 25.6 Å². The molecule has 0 aliphatic carbocycles. The van der Waals surface area contributed by atoms with Crippen molar-refractivity contribution in [3.05, 3.63) is 83.4 Å². The minimum atomic E-state index is -0.383. The number of carbonyl (C=O) groups excluding carboxylic acids is 2. The second-order valence-electron chi connectivity index (χ2n) is 8.41. The van der Waals surface area contributed by atoms with E-state index < -0.39 is 0 Å². The molecule has 34 heavy (non-hydrogen) atoms. The zero-order valence-electron chi connectivity index (χ0n) is 19.6. The van der Waals surface area contributed by atoms with Crippen LogP contribution in [0.5, 0.6) is 5.75 Å². The molecule has 7 nitrogen and oxygen atoms in total. The number of urea groups is 1. The SMILES string of the molecule is COc1cccc(NC(=O)Nc2cc(C(=O)NCc3ccc(C)cc3)ccc2N2CCCC2)c1. The highest BCUT2D eigenvalue weighted by molar-refractivity contribution is 6.04. The van der Waals surface area contributed by atoms with Gasteiger partial charge in [-0.1, -0.05) is 35.9 Å². The minimum Gasteiger partial charge on any atom is -0.497 e. The molecule has 7 heteroatoms. The van der Waals surface area contributed by atoms with E-state index in [1.165, 1.54) is 5.56 Å². The van der Waals surface area contributed by atoms with Crippen molar-refractivity contribution in [3.63, 3.8) is 0 Å². The highest BCUT2D eigenvalue weighted by Crippen LogP contribution is 2.30. The first-order valence-corrected chi connectivity index (χ1v) is 11.5. The first-order valence-electron chi connectivity index (χ1n) is 11.5. The van der Waals surface area contributed by atoms with Gasteiger partial charge in [-0.25, -0.2) is 4.79 Å². The summed E-state index contributed by atoms with van der Waals surface area (Å²) in [5.41, 5.74) is 4.83. The van der Waals surface area contributed by atoms with Gasteiger partial charge in [-0.15, -0.1) is 0 Å². The van der Waals surface area contributed by atoms with E-state index in [2.05, 4.69) is 20.9 Å². The standard InChI is InChI=1S/C27H30N4O3/c1-19-8-10-20(11-9-19)18-28-26(32)21-12-13-25(31-14-3-4-15-31)24(16-21)30-27(33)29-22-6-5-7-23(17-22)34-2/h5-13,16-17H,3-4,14-15,18H2,1-2H3,(H,28,32)(H2,29,30,33). The number of aryl methyl sites for hydroxylation is 1. The fourth-order valence-electron chi connectivity index (χ4n) is 3.99. The number of anilines is 3. The van der Waals surface area contributed by atoms with Crippen molar-refractivity contribution in [3.8, 4) is 5.75 Å². The third-order valence-corrected chi connectivity index (χ3v) is 5.85. The normalized spacial score (nSPS) is 12.8. The van der Waals surface area contributed by atoms with Crippen molar-refractivity contribution in [1.29, 1.82) is 0 Å². The van der Waals surface area contributed by atoms with Crippen LogP contribution in [0.2, 0.25) is 0 Å². The van der Waals surface area contributed by atoms with Gasteiger partial charge in [0.2, 0.25) is 0 Å². The van der Waals surface area contributed by atoms with Gasteiger partial charge in [0.05, 0.1) is 18.5 Å². The van der Waals surface area contributed by atoms with E-state index in [0.29, 0.717) is 29.2 Å². The summed E-state index contributed by atoms with van der Waals surface area (Å²) in [5.74, 6) is 0.465. The first kappa shape index (κ1) is 23.2. The van der Waals surface area contributed by atoms with Gasteiger partial charge in [0.15, 0.2) is 0 Å². The molecule has 0 spiro atoms. The largest absolute Gasteiger partial charge is 0.497 e. The number of nitrogens with one attached hydrogen (secondary N) is 3. The lowest BCUT2D eigenvalue weighted by Crippen LogP contribution is -2.26. The lowest BCUT2D eigenvalue weighted by Gasteiger charge is -2.22. The number of hydrogen-bond acceptors (Lipinski definition) is 4. The molecule has 0 radical (unpaired) electrons. The van der Waals surface area contributed by atoms with Crippen LogP contribution >= 0.6 is 0 Å².